The summed E-state index contributed by atoms with van der Waals surface area (Å²) in [5.74, 6) is -0.681. The third-order valence-electron chi connectivity index (χ3n) is 3.32. The van der Waals surface area contributed by atoms with Crippen molar-refractivity contribution in [2.75, 3.05) is 6.54 Å². The van der Waals surface area contributed by atoms with Crippen LogP contribution in [0.1, 0.15) is 30.8 Å². The summed E-state index contributed by atoms with van der Waals surface area (Å²) in [6.45, 7) is 3.52. The molecule has 2 heterocycles. The van der Waals surface area contributed by atoms with Crippen molar-refractivity contribution < 1.29 is 14.7 Å². The summed E-state index contributed by atoms with van der Waals surface area (Å²) in [6, 6.07) is 6.84. The Morgan fingerprint density at radius 3 is 2.73 bits per heavy atom. The van der Waals surface area contributed by atoms with Gasteiger partial charge in [0.1, 0.15) is 5.69 Å². The van der Waals surface area contributed by atoms with Gasteiger partial charge in [-0.25, -0.2) is 9.67 Å². The predicted molar refractivity (Wildman–Crippen MR) is 79.7 cm³/mol. The molecule has 2 aromatic heterocycles. The van der Waals surface area contributed by atoms with Crippen LogP contribution in [0.4, 0.5) is 0 Å². The Morgan fingerprint density at radius 2 is 2.09 bits per heavy atom. The van der Waals surface area contributed by atoms with Gasteiger partial charge >= 0.3 is 5.97 Å². The maximum absolute atomic E-state index is 12.1. The van der Waals surface area contributed by atoms with Gasteiger partial charge in [-0.1, -0.05) is 6.07 Å². The molecule has 0 unspecified atom stereocenters. The summed E-state index contributed by atoms with van der Waals surface area (Å²) in [5.41, 5.74) is -0.612. The molecule has 22 heavy (non-hydrogen) atoms. The van der Waals surface area contributed by atoms with Crippen molar-refractivity contribution in [1.82, 2.24) is 20.1 Å². The second-order valence-corrected chi connectivity index (χ2v) is 5.53. The monoisotopic (exact) mass is 302 g/mol. The number of carbonyl (C=O) groups excluding carboxylic acids is 1. The summed E-state index contributed by atoms with van der Waals surface area (Å²) in [7, 11) is 0. The number of nitrogens with zero attached hydrogens (tertiary/aromatic N) is 3. The molecule has 0 fully saturated rings. The lowest BCUT2D eigenvalue weighted by molar-refractivity contribution is -0.147. The number of carboxylic acid groups (broad SMARTS) is 1. The predicted octanol–water partition coefficient (Wildman–Crippen LogP) is 1.50. The minimum absolute atomic E-state index is 0.265. The molecule has 0 bridgehead atoms. The first kappa shape index (κ1) is 15.7. The topological polar surface area (TPSA) is 97.1 Å². The molecule has 0 aliphatic carbocycles. The van der Waals surface area contributed by atoms with Crippen LogP contribution in [0.5, 0.6) is 0 Å². The lowest BCUT2D eigenvalue weighted by Gasteiger charge is -2.18. The molecule has 2 N–H and O–H groups in total. The van der Waals surface area contributed by atoms with Gasteiger partial charge in [-0.05, 0) is 38.5 Å². The number of aliphatic carboxylic acids is 1. The zero-order chi connectivity index (χ0) is 16.2. The lowest BCUT2D eigenvalue weighted by Crippen LogP contribution is -2.32. The molecule has 116 valence electrons. The number of carbonyl (C=O) groups is 2. The second-order valence-electron chi connectivity index (χ2n) is 5.53. The van der Waals surface area contributed by atoms with E-state index in [4.69, 9.17) is 5.11 Å². The fourth-order valence-electron chi connectivity index (χ4n) is 1.77. The number of rotatable bonds is 6. The van der Waals surface area contributed by atoms with Gasteiger partial charge in [-0.2, -0.15) is 5.10 Å². The smallest absolute Gasteiger partial charge is 0.309 e. The summed E-state index contributed by atoms with van der Waals surface area (Å²) in [4.78, 5) is 27.3. The lowest BCUT2D eigenvalue weighted by atomic mass is 9.90. The molecular formula is C15H18N4O3. The van der Waals surface area contributed by atoms with Crippen molar-refractivity contribution in [3.8, 4) is 5.82 Å². The van der Waals surface area contributed by atoms with Crippen LogP contribution in [-0.2, 0) is 4.79 Å². The molecule has 0 saturated heterocycles. The van der Waals surface area contributed by atoms with E-state index in [1.54, 1.807) is 55.2 Å². The molecule has 0 saturated carbocycles. The van der Waals surface area contributed by atoms with Gasteiger partial charge < -0.3 is 10.4 Å². The average Bonchev–Trinajstić information content (AvgIpc) is 3.01. The van der Waals surface area contributed by atoms with Crippen LogP contribution in [0.25, 0.3) is 5.82 Å². The Bertz CT molecular complexity index is 665. The van der Waals surface area contributed by atoms with E-state index in [1.165, 1.54) is 0 Å². The van der Waals surface area contributed by atoms with Crippen LogP contribution in [0, 0.1) is 5.41 Å². The van der Waals surface area contributed by atoms with Crippen LogP contribution in [0.2, 0.25) is 0 Å². The Hall–Kier alpha value is -2.70. The van der Waals surface area contributed by atoms with Gasteiger partial charge in [-0.15, -0.1) is 0 Å². The molecule has 2 aromatic rings. The van der Waals surface area contributed by atoms with Crippen LogP contribution in [0.3, 0.4) is 0 Å². The van der Waals surface area contributed by atoms with Crippen molar-refractivity contribution in [3.63, 3.8) is 0 Å². The molecular weight excluding hydrogens is 284 g/mol. The van der Waals surface area contributed by atoms with Gasteiger partial charge in [0.2, 0.25) is 0 Å². The van der Waals surface area contributed by atoms with Gasteiger partial charge in [0.25, 0.3) is 5.91 Å². The number of hydrogen-bond donors (Lipinski definition) is 2. The van der Waals surface area contributed by atoms with E-state index in [1.807, 2.05) is 0 Å². The molecule has 2 rings (SSSR count). The summed E-state index contributed by atoms with van der Waals surface area (Å²) in [6.07, 6.45) is 3.70. The highest BCUT2D eigenvalue weighted by Gasteiger charge is 2.26. The minimum atomic E-state index is -0.888. The fraction of sp³-hybridized carbons (Fsp3) is 0.333. The maximum Gasteiger partial charge on any atom is 0.309 e. The molecule has 0 radical (unpaired) electrons. The SMILES string of the molecule is CC(C)(CCNC(=O)c1cccc(-n2cccn2)n1)C(=O)O. The molecule has 0 aliphatic rings. The zero-order valence-electron chi connectivity index (χ0n) is 12.5. The van der Waals surface area contributed by atoms with Crippen molar-refractivity contribution >= 4 is 11.9 Å². The second kappa shape index (κ2) is 6.38. The zero-order valence-corrected chi connectivity index (χ0v) is 12.5. The van der Waals surface area contributed by atoms with Crippen LogP contribution in [-0.4, -0.2) is 38.3 Å². The Labute approximate surface area is 128 Å². The van der Waals surface area contributed by atoms with E-state index in [9.17, 15) is 9.59 Å². The highest BCUT2D eigenvalue weighted by atomic mass is 16.4. The first-order valence-corrected chi connectivity index (χ1v) is 6.89. The molecule has 0 spiro atoms. The summed E-state index contributed by atoms with van der Waals surface area (Å²) >= 11 is 0. The number of carboxylic acids is 1. The van der Waals surface area contributed by atoms with Gasteiger partial charge in [0.05, 0.1) is 5.41 Å². The van der Waals surface area contributed by atoms with Crippen molar-refractivity contribution in [1.29, 1.82) is 0 Å². The van der Waals surface area contributed by atoms with Crippen LogP contribution < -0.4 is 5.32 Å². The standard InChI is InChI=1S/C15H18N4O3/c1-15(2,14(21)22)7-9-16-13(20)11-5-3-6-12(18-11)19-10-4-8-17-19/h3-6,8,10H,7,9H2,1-2H3,(H,16,20)(H,21,22). The van der Waals surface area contributed by atoms with Crippen molar-refractivity contribution in [2.45, 2.75) is 20.3 Å². The molecule has 0 aromatic carbocycles. The van der Waals surface area contributed by atoms with E-state index in [2.05, 4.69) is 15.4 Å². The Morgan fingerprint density at radius 1 is 1.32 bits per heavy atom. The third kappa shape index (κ3) is 3.69. The Kier molecular flexibility index (Phi) is 4.55. The maximum atomic E-state index is 12.1. The van der Waals surface area contributed by atoms with E-state index in [0.29, 0.717) is 12.2 Å². The number of hydrogen-bond acceptors (Lipinski definition) is 4. The summed E-state index contributed by atoms with van der Waals surface area (Å²) < 4.78 is 1.56. The van der Waals surface area contributed by atoms with Crippen molar-refractivity contribution in [3.05, 3.63) is 42.4 Å². The number of nitrogens with one attached hydrogen (secondary N) is 1. The fourth-order valence-corrected chi connectivity index (χ4v) is 1.77. The first-order valence-electron chi connectivity index (χ1n) is 6.89. The molecule has 1 amide bonds. The highest BCUT2D eigenvalue weighted by molar-refractivity contribution is 5.92. The van der Waals surface area contributed by atoms with Crippen molar-refractivity contribution in [2.24, 2.45) is 5.41 Å². The third-order valence-corrected chi connectivity index (χ3v) is 3.32. The quantitative estimate of drug-likeness (QED) is 0.842. The normalized spacial score (nSPS) is 11.2. The Balaban J connectivity index is 1.99. The molecule has 0 atom stereocenters. The first-order chi connectivity index (χ1) is 10.4. The van der Waals surface area contributed by atoms with Gasteiger partial charge in [0, 0.05) is 18.9 Å². The molecule has 0 aliphatic heterocycles. The summed E-state index contributed by atoms with van der Waals surface area (Å²) in [5, 5.41) is 15.8. The highest BCUT2D eigenvalue weighted by Crippen LogP contribution is 2.19. The van der Waals surface area contributed by atoms with Gasteiger partial charge in [0.15, 0.2) is 5.82 Å². The minimum Gasteiger partial charge on any atom is -0.481 e. The van der Waals surface area contributed by atoms with E-state index in [-0.39, 0.29) is 18.1 Å². The average molecular weight is 302 g/mol. The molecule has 7 heteroatoms. The van der Waals surface area contributed by atoms with Crippen LogP contribution in [0.15, 0.2) is 36.7 Å². The molecule has 7 nitrogen and oxygen atoms in total. The van der Waals surface area contributed by atoms with E-state index >= 15 is 0 Å². The van der Waals surface area contributed by atoms with Crippen LogP contribution >= 0.6 is 0 Å². The number of aromatic nitrogens is 3. The van der Waals surface area contributed by atoms with Gasteiger partial charge in [-0.3, -0.25) is 9.59 Å². The number of pyridine rings is 1. The van der Waals surface area contributed by atoms with E-state index in [0.717, 1.165) is 0 Å². The number of amides is 1. The van der Waals surface area contributed by atoms with E-state index < -0.39 is 11.4 Å². The largest absolute Gasteiger partial charge is 0.481 e.